The Bertz CT molecular complexity index is 588. The van der Waals surface area contributed by atoms with E-state index in [0.29, 0.717) is 0 Å². The Hall–Kier alpha value is -1.61. The highest BCUT2D eigenvalue weighted by molar-refractivity contribution is 5.88. The van der Waals surface area contributed by atoms with Crippen molar-refractivity contribution >= 4 is 10.9 Å². The summed E-state index contributed by atoms with van der Waals surface area (Å²) in [7, 11) is 1.68. The van der Waals surface area contributed by atoms with Gasteiger partial charge in [-0.05, 0) is 30.5 Å². The van der Waals surface area contributed by atoms with Crippen LogP contribution in [-0.4, -0.2) is 12.1 Å². The number of benzene rings is 1. The first-order chi connectivity index (χ1) is 9.24. The molecule has 19 heavy (non-hydrogen) atoms. The van der Waals surface area contributed by atoms with Crippen LogP contribution in [0.15, 0.2) is 30.5 Å². The number of nitrogens with two attached hydrogens (primary N) is 1. The number of hydrogen-bond donors (Lipinski definition) is 1. The molecule has 2 N–H and O–H groups in total. The number of pyridine rings is 1. The van der Waals surface area contributed by atoms with Gasteiger partial charge in [-0.3, -0.25) is 4.98 Å². The SMILES string of the molecule is COc1cccc2c(C3(N)CCCCC3)ccnc12. The highest BCUT2D eigenvalue weighted by Gasteiger charge is 2.31. The summed E-state index contributed by atoms with van der Waals surface area (Å²) in [6, 6.07) is 8.14. The molecule has 0 aliphatic heterocycles. The van der Waals surface area contributed by atoms with Crippen molar-refractivity contribution in [3.8, 4) is 5.75 Å². The van der Waals surface area contributed by atoms with Gasteiger partial charge in [-0.25, -0.2) is 0 Å². The van der Waals surface area contributed by atoms with E-state index < -0.39 is 0 Å². The molecular formula is C16H20N2O. The summed E-state index contributed by atoms with van der Waals surface area (Å²) in [6.07, 6.45) is 7.69. The molecule has 3 nitrogen and oxygen atoms in total. The van der Waals surface area contributed by atoms with Gasteiger partial charge in [-0.1, -0.05) is 31.4 Å². The zero-order chi connectivity index (χ0) is 13.3. The van der Waals surface area contributed by atoms with E-state index in [1.165, 1.54) is 24.8 Å². The first-order valence-electron chi connectivity index (χ1n) is 6.96. The largest absolute Gasteiger partial charge is 0.494 e. The average Bonchev–Trinajstić information content (AvgIpc) is 2.46. The Balaban J connectivity index is 2.18. The third-order valence-electron chi connectivity index (χ3n) is 4.24. The van der Waals surface area contributed by atoms with Gasteiger partial charge in [0.25, 0.3) is 0 Å². The third kappa shape index (κ3) is 2.08. The Morgan fingerprint density at radius 1 is 1.16 bits per heavy atom. The van der Waals surface area contributed by atoms with Crippen molar-refractivity contribution in [3.05, 3.63) is 36.0 Å². The lowest BCUT2D eigenvalue weighted by Gasteiger charge is -2.34. The molecule has 0 unspecified atom stereocenters. The van der Waals surface area contributed by atoms with E-state index in [9.17, 15) is 0 Å². The molecule has 1 heterocycles. The number of fused-ring (bicyclic) bond motifs is 1. The molecule has 2 aromatic rings. The Morgan fingerprint density at radius 2 is 1.95 bits per heavy atom. The van der Waals surface area contributed by atoms with Crippen LogP contribution in [0.1, 0.15) is 37.7 Å². The standard InChI is InChI=1S/C16H20N2O/c1-19-14-7-5-6-12-13(8-11-18-15(12)14)16(17)9-3-2-4-10-16/h5-8,11H,2-4,9-10,17H2,1H3. The Morgan fingerprint density at radius 3 is 2.68 bits per heavy atom. The molecule has 3 rings (SSSR count). The molecule has 1 aromatic heterocycles. The number of methoxy groups -OCH3 is 1. The van der Waals surface area contributed by atoms with E-state index in [0.717, 1.165) is 29.5 Å². The van der Waals surface area contributed by atoms with Crippen molar-refractivity contribution in [2.75, 3.05) is 7.11 Å². The number of nitrogens with zero attached hydrogens (tertiary/aromatic N) is 1. The predicted molar refractivity (Wildman–Crippen MR) is 77.2 cm³/mol. The van der Waals surface area contributed by atoms with Gasteiger partial charge in [-0.2, -0.15) is 0 Å². The minimum absolute atomic E-state index is 0.203. The van der Waals surface area contributed by atoms with Gasteiger partial charge < -0.3 is 10.5 Å². The van der Waals surface area contributed by atoms with Crippen molar-refractivity contribution in [1.82, 2.24) is 4.98 Å². The monoisotopic (exact) mass is 256 g/mol. The van der Waals surface area contributed by atoms with Crippen LogP contribution in [0.3, 0.4) is 0 Å². The third-order valence-corrected chi connectivity index (χ3v) is 4.24. The summed E-state index contributed by atoms with van der Waals surface area (Å²) in [5.41, 5.74) is 8.60. The van der Waals surface area contributed by atoms with E-state index in [1.54, 1.807) is 7.11 Å². The molecule has 1 aliphatic rings. The first kappa shape index (κ1) is 12.4. The molecule has 0 amide bonds. The normalized spacial score (nSPS) is 18.4. The summed E-state index contributed by atoms with van der Waals surface area (Å²) in [5.74, 6) is 0.818. The fourth-order valence-corrected chi connectivity index (χ4v) is 3.20. The van der Waals surface area contributed by atoms with E-state index in [2.05, 4.69) is 17.1 Å². The molecule has 0 bridgehead atoms. The van der Waals surface area contributed by atoms with Crippen LogP contribution in [0.25, 0.3) is 10.9 Å². The molecule has 1 aromatic carbocycles. The highest BCUT2D eigenvalue weighted by Crippen LogP contribution is 2.39. The summed E-state index contributed by atoms with van der Waals surface area (Å²) in [6.45, 7) is 0. The smallest absolute Gasteiger partial charge is 0.145 e. The van der Waals surface area contributed by atoms with Crippen LogP contribution in [0.4, 0.5) is 0 Å². The van der Waals surface area contributed by atoms with Crippen molar-refractivity contribution in [2.45, 2.75) is 37.6 Å². The van der Waals surface area contributed by atoms with Crippen molar-refractivity contribution < 1.29 is 4.74 Å². The van der Waals surface area contributed by atoms with Gasteiger partial charge in [0, 0.05) is 17.1 Å². The van der Waals surface area contributed by atoms with Gasteiger partial charge in [0.1, 0.15) is 11.3 Å². The van der Waals surface area contributed by atoms with Crippen LogP contribution in [0.2, 0.25) is 0 Å². The fourth-order valence-electron chi connectivity index (χ4n) is 3.20. The maximum absolute atomic E-state index is 6.67. The maximum Gasteiger partial charge on any atom is 0.145 e. The van der Waals surface area contributed by atoms with Crippen LogP contribution in [-0.2, 0) is 5.54 Å². The van der Waals surface area contributed by atoms with Crippen molar-refractivity contribution in [2.24, 2.45) is 5.73 Å². The molecule has 0 radical (unpaired) electrons. The van der Waals surface area contributed by atoms with Crippen LogP contribution in [0.5, 0.6) is 5.75 Å². The summed E-state index contributed by atoms with van der Waals surface area (Å²) >= 11 is 0. The number of ether oxygens (including phenoxy) is 1. The number of para-hydroxylation sites is 1. The maximum atomic E-state index is 6.67. The second kappa shape index (κ2) is 4.82. The second-order valence-corrected chi connectivity index (χ2v) is 5.43. The fraction of sp³-hybridized carbons (Fsp3) is 0.438. The highest BCUT2D eigenvalue weighted by atomic mass is 16.5. The van der Waals surface area contributed by atoms with Crippen LogP contribution >= 0.6 is 0 Å². The number of hydrogen-bond acceptors (Lipinski definition) is 3. The quantitative estimate of drug-likeness (QED) is 0.896. The van der Waals surface area contributed by atoms with Gasteiger partial charge in [0.15, 0.2) is 0 Å². The summed E-state index contributed by atoms with van der Waals surface area (Å²) < 4.78 is 5.40. The summed E-state index contributed by atoms with van der Waals surface area (Å²) in [4.78, 5) is 4.46. The van der Waals surface area contributed by atoms with Gasteiger partial charge in [0.2, 0.25) is 0 Å². The molecule has 3 heteroatoms. The van der Waals surface area contributed by atoms with E-state index in [4.69, 9.17) is 10.5 Å². The molecule has 0 spiro atoms. The number of rotatable bonds is 2. The lowest BCUT2D eigenvalue weighted by molar-refractivity contribution is 0.304. The Kier molecular flexibility index (Phi) is 3.15. The minimum Gasteiger partial charge on any atom is -0.494 e. The van der Waals surface area contributed by atoms with Crippen molar-refractivity contribution in [1.29, 1.82) is 0 Å². The zero-order valence-corrected chi connectivity index (χ0v) is 11.4. The molecular weight excluding hydrogens is 236 g/mol. The molecule has 0 atom stereocenters. The first-order valence-corrected chi connectivity index (χ1v) is 6.96. The van der Waals surface area contributed by atoms with Gasteiger partial charge in [0.05, 0.1) is 7.11 Å². The van der Waals surface area contributed by atoms with E-state index in [1.807, 2.05) is 18.3 Å². The van der Waals surface area contributed by atoms with Crippen LogP contribution in [0, 0.1) is 0 Å². The molecule has 100 valence electrons. The summed E-state index contributed by atoms with van der Waals surface area (Å²) in [5, 5.41) is 1.13. The Labute approximate surface area is 113 Å². The van der Waals surface area contributed by atoms with Gasteiger partial charge in [-0.15, -0.1) is 0 Å². The average molecular weight is 256 g/mol. The topological polar surface area (TPSA) is 48.1 Å². The molecule has 1 aliphatic carbocycles. The van der Waals surface area contributed by atoms with Gasteiger partial charge >= 0.3 is 0 Å². The zero-order valence-electron chi connectivity index (χ0n) is 11.4. The van der Waals surface area contributed by atoms with Crippen LogP contribution < -0.4 is 10.5 Å². The predicted octanol–water partition coefficient (Wildman–Crippen LogP) is 3.36. The molecule has 0 saturated heterocycles. The second-order valence-electron chi connectivity index (χ2n) is 5.43. The lowest BCUT2D eigenvalue weighted by atomic mass is 9.76. The van der Waals surface area contributed by atoms with E-state index in [-0.39, 0.29) is 5.54 Å². The van der Waals surface area contributed by atoms with Crippen molar-refractivity contribution in [3.63, 3.8) is 0 Å². The van der Waals surface area contributed by atoms with E-state index >= 15 is 0 Å². The number of aromatic nitrogens is 1. The molecule has 1 fully saturated rings. The minimum atomic E-state index is -0.203. The molecule has 1 saturated carbocycles. The lowest BCUT2D eigenvalue weighted by Crippen LogP contribution is -2.38.